The van der Waals surface area contributed by atoms with Gasteiger partial charge in [-0.1, -0.05) is 12.8 Å². The SMILES string of the molecule is NCCCCCC1CCN(C(O)c2ccc[nH]2)C1. The molecule has 2 rings (SSSR count). The highest BCUT2D eigenvalue weighted by atomic mass is 16.3. The molecule has 2 heterocycles. The molecule has 4 N–H and O–H groups in total. The second-order valence-electron chi connectivity index (χ2n) is 5.29. The molecule has 0 amide bonds. The van der Waals surface area contributed by atoms with Crippen molar-refractivity contribution in [3.05, 3.63) is 24.0 Å². The van der Waals surface area contributed by atoms with Crippen molar-refractivity contribution >= 4 is 0 Å². The minimum absolute atomic E-state index is 0.464. The van der Waals surface area contributed by atoms with Gasteiger partial charge in [0.05, 0.1) is 5.69 Å². The van der Waals surface area contributed by atoms with Crippen LogP contribution in [0.15, 0.2) is 18.3 Å². The van der Waals surface area contributed by atoms with E-state index in [4.69, 9.17) is 5.73 Å². The van der Waals surface area contributed by atoms with E-state index in [2.05, 4.69) is 9.88 Å². The Bertz CT molecular complexity index is 326. The minimum atomic E-state index is -0.464. The summed E-state index contributed by atoms with van der Waals surface area (Å²) in [6.07, 6.45) is 7.53. The number of unbranched alkanes of at least 4 members (excludes halogenated alkanes) is 2. The first-order valence-electron chi connectivity index (χ1n) is 7.06. The number of H-pyrrole nitrogens is 1. The summed E-state index contributed by atoms with van der Waals surface area (Å²) in [5.41, 5.74) is 6.40. The summed E-state index contributed by atoms with van der Waals surface area (Å²) in [7, 11) is 0. The molecule has 1 saturated heterocycles. The molecule has 0 saturated carbocycles. The van der Waals surface area contributed by atoms with Crippen LogP contribution < -0.4 is 5.73 Å². The maximum atomic E-state index is 10.2. The van der Waals surface area contributed by atoms with Crippen molar-refractivity contribution in [2.24, 2.45) is 11.7 Å². The molecule has 0 radical (unpaired) electrons. The molecule has 18 heavy (non-hydrogen) atoms. The molecular formula is C14H25N3O. The third kappa shape index (κ3) is 3.57. The first-order chi connectivity index (χ1) is 8.81. The number of aromatic amines is 1. The summed E-state index contributed by atoms with van der Waals surface area (Å²) in [4.78, 5) is 5.25. The fraction of sp³-hybridized carbons (Fsp3) is 0.714. The normalized spacial score (nSPS) is 22.4. The van der Waals surface area contributed by atoms with Crippen molar-refractivity contribution in [2.75, 3.05) is 19.6 Å². The van der Waals surface area contributed by atoms with Gasteiger partial charge in [-0.05, 0) is 43.9 Å². The molecule has 2 unspecified atom stereocenters. The molecule has 102 valence electrons. The monoisotopic (exact) mass is 251 g/mol. The van der Waals surface area contributed by atoms with Crippen molar-refractivity contribution < 1.29 is 5.11 Å². The number of rotatable bonds is 7. The molecule has 2 atom stereocenters. The molecular weight excluding hydrogens is 226 g/mol. The van der Waals surface area contributed by atoms with E-state index in [1.807, 2.05) is 18.3 Å². The summed E-state index contributed by atoms with van der Waals surface area (Å²) in [6, 6.07) is 3.87. The number of likely N-dealkylation sites (tertiary alicyclic amines) is 1. The lowest BCUT2D eigenvalue weighted by Gasteiger charge is -2.22. The summed E-state index contributed by atoms with van der Waals surface area (Å²) in [5, 5.41) is 10.2. The maximum absolute atomic E-state index is 10.2. The Balaban J connectivity index is 1.71. The lowest BCUT2D eigenvalue weighted by molar-refractivity contribution is 0.0130. The summed E-state index contributed by atoms with van der Waals surface area (Å²) in [6.45, 7) is 2.83. The first kappa shape index (κ1) is 13.6. The van der Waals surface area contributed by atoms with Gasteiger partial charge in [0.1, 0.15) is 6.23 Å². The number of aliphatic hydroxyl groups is 1. The van der Waals surface area contributed by atoms with Crippen LogP contribution in [-0.4, -0.2) is 34.6 Å². The molecule has 1 fully saturated rings. The number of nitrogens with one attached hydrogen (secondary N) is 1. The molecule has 0 aromatic carbocycles. The van der Waals surface area contributed by atoms with Crippen LogP contribution in [0.25, 0.3) is 0 Å². The summed E-state index contributed by atoms with van der Waals surface area (Å²) < 4.78 is 0. The first-order valence-corrected chi connectivity index (χ1v) is 7.06. The van der Waals surface area contributed by atoms with E-state index in [1.54, 1.807) is 0 Å². The number of aromatic nitrogens is 1. The van der Waals surface area contributed by atoms with E-state index < -0.39 is 6.23 Å². The van der Waals surface area contributed by atoms with E-state index in [-0.39, 0.29) is 0 Å². The van der Waals surface area contributed by atoms with Gasteiger partial charge in [0.25, 0.3) is 0 Å². The average molecular weight is 251 g/mol. The quantitative estimate of drug-likeness (QED) is 0.648. The Kier molecular flexibility index (Phi) is 5.23. The average Bonchev–Trinajstić information content (AvgIpc) is 3.05. The van der Waals surface area contributed by atoms with Crippen LogP contribution in [0.2, 0.25) is 0 Å². The fourth-order valence-corrected chi connectivity index (χ4v) is 2.78. The van der Waals surface area contributed by atoms with Gasteiger partial charge in [0.2, 0.25) is 0 Å². The van der Waals surface area contributed by atoms with Gasteiger partial charge >= 0.3 is 0 Å². The highest BCUT2D eigenvalue weighted by Crippen LogP contribution is 2.27. The maximum Gasteiger partial charge on any atom is 0.148 e. The van der Waals surface area contributed by atoms with Crippen molar-refractivity contribution in [3.63, 3.8) is 0 Å². The largest absolute Gasteiger partial charge is 0.373 e. The van der Waals surface area contributed by atoms with Crippen LogP contribution in [0, 0.1) is 5.92 Å². The predicted octanol–water partition coefficient (Wildman–Crippen LogP) is 1.85. The Labute approximate surface area is 109 Å². The van der Waals surface area contributed by atoms with E-state index in [9.17, 15) is 5.11 Å². The van der Waals surface area contributed by atoms with Crippen LogP contribution >= 0.6 is 0 Å². The Morgan fingerprint density at radius 2 is 2.33 bits per heavy atom. The zero-order chi connectivity index (χ0) is 12.8. The van der Waals surface area contributed by atoms with E-state index in [1.165, 1.54) is 25.7 Å². The number of nitrogens with two attached hydrogens (primary N) is 1. The van der Waals surface area contributed by atoms with Gasteiger partial charge in [-0.15, -0.1) is 0 Å². The zero-order valence-electron chi connectivity index (χ0n) is 11.0. The Hall–Kier alpha value is -0.840. The van der Waals surface area contributed by atoms with E-state index in [0.717, 1.165) is 37.7 Å². The summed E-state index contributed by atoms with van der Waals surface area (Å²) in [5.74, 6) is 0.743. The zero-order valence-corrected chi connectivity index (χ0v) is 11.0. The van der Waals surface area contributed by atoms with Gasteiger partial charge in [0.15, 0.2) is 0 Å². The van der Waals surface area contributed by atoms with Crippen molar-refractivity contribution in [1.29, 1.82) is 0 Å². The van der Waals surface area contributed by atoms with E-state index >= 15 is 0 Å². The van der Waals surface area contributed by atoms with Crippen molar-refractivity contribution in [1.82, 2.24) is 9.88 Å². The van der Waals surface area contributed by atoms with Crippen LogP contribution in [-0.2, 0) is 0 Å². The third-order valence-electron chi connectivity index (χ3n) is 3.88. The van der Waals surface area contributed by atoms with Gasteiger partial charge in [-0.3, -0.25) is 4.90 Å². The molecule has 0 bridgehead atoms. The van der Waals surface area contributed by atoms with Gasteiger partial charge in [0, 0.05) is 19.3 Å². The molecule has 1 aliphatic heterocycles. The van der Waals surface area contributed by atoms with Gasteiger partial charge in [-0.25, -0.2) is 0 Å². The van der Waals surface area contributed by atoms with E-state index in [0.29, 0.717) is 0 Å². The fourth-order valence-electron chi connectivity index (χ4n) is 2.78. The molecule has 0 aliphatic carbocycles. The number of hydrogen-bond acceptors (Lipinski definition) is 3. The van der Waals surface area contributed by atoms with Crippen LogP contribution in [0.3, 0.4) is 0 Å². The molecule has 4 nitrogen and oxygen atoms in total. The highest BCUT2D eigenvalue weighted by Gasteiger charge is 2.27. The van der Waals surface area contributed by atoms with Crippen molar-refractivity contribution in [3.8, 4) is 0 Å². The predicted molar refractivity (Wildman–Crippen MR) is 73.0 cm³/mol. The van der Waals surface area contributed by atoms with Gasteiger partial charge < -0.3 is 15.8 Å². The lowest BCUT2D eigenvalue weighted by Crippen LogP contribution is -2.26. The topological polar surface area (TPSA) is 65.3 Å². The lowest BCUT2D eigenvalue weighted by atomic mass is 10.0. The summed E-state index contributed by atoms with van der Waals surface area (Å²) >= 11 is 0. The smallest absolute Gasteiger partial charge is 0.148 e. The second-order valence-corrected chi connectivity index (χ2v) is 5.29. The van der Waals surface area contributed by atoms with Gasteiger partial charge in [-0.2, -0.15) is 0 Å². The minimum Gasteiger partial charge on any atom is -0.373 e. The van der Waals surface area contributed by atoms with Crippen LogP contribution in [0.5, 0.6) is 0 Å². The molecule has 1 aromatic rings. The van der Waals surface area contributed by atoms with Crippen molar-refractivity contribution in [2.45, 2.75) is 38.3 Å². The van der Waals surface area contributed by atoms with Crippen LogP contribution in [0.4, 0.5) is 0 Å². The molecule has 1 aliphatic rings. The highest BCUT2D eigenvalue weighted by molar-refractivity contribution is 5.07. The number of aliphatic hydroxyl groups excluding tert-OH is 1. The third-order valence-corrected chi connectivity index (χ3v) is 3.88. The molecule has 1 aromatic heterocycles. The number of nitrogens with zero attached hydrogens (tertiary/aromatic N) is 1. The molecule has 0 spiro atoms. The number of hydrogen-bond donors (Lipinski definition) is 3. The second kappa shape index (κ2) is 6.92. The molecule has 4 heteroatoms. The standard InChI is InChI=1S/C14H25N3O/c15-8-3-1-2-5-12-7-10-17(11-12)14(18)13-6-4-9-16-13/h4,6,9,12,14,16,18H,1-3,5,7-8,10-11,15H2. The Morgan fingerprint density at radius 1 is 1.44 bits per heavy atom. The van der Waals surface area contributed by atoms with Crippen LogP contribution in [0.1, 0.15) is 44.0 Å². The Morgan fingerprint density at radius 3 is 3.06 bits per heavy atom.